The van der Waals surface area contributed by atoms with Gasteiger partial charge in [-0.2, -0.15) is 0 Å². The van der Waals surface area contributed by atoms with E-state index in [9.17, 15) is 23.9 Å². The lowest BCUT2D eigenvalue weighted by atomic mass is 9.85. The van der Waals surface area contributed by atoms with Crippen molar-refractivity contribution in [1.29, 1.82) is 0 Å². The van der Waals surface area contributed by atoms with Gasteiger partial charge in [-0.1, -0.05) is 38.8 Å². The summed E-state index contributed by atoms with van der Waals surface area (Å²) in [5.74, 6) is 1.12. The highest BCUT2D eigenvalue weighted by molar-refractivity contribution is 7.13. The first-order valence-electron chi connectivity index (χ1n) is 15.4. The first-order chi connectivity index (χ1) is 21.8. The van der Waals surface area contributed by atoms with Gasteiger partial charge in [0.1, 0.15) is 31.0 Å². The molecule has 1 aliphatic carbocycles. The molecule has 11 nitrogen and oxygen atoms in total. The maximum Gasteiger partial charge on any atom is 0.258 e. The topological polar surface area (TPSA) is 139 Å². The molecule has 3 amide bonds. The molecular formula is C33H43FN4O7S. The number of benzene rings is 1. The molecule has 4 rings (SSSR count). The fraction of sp³-hybridized carbons (Fsp3) is 0.576. The lowest BCUT2D eigenvalue weighted by Crippen LogP contribution is -2.59. The number of thiazole rings is 1. The summed E-state index contributed by atoms with van der Waals surface area (Å²) < 4.78 is 31.3. The first kappa shape index (κ1) is 35.3. The van der Waals surface area contributed by atoms with Crippen LogP contribution in [-0.2, 0) is 30.4 Å². The summed E-state index contributed by atoms with van der Waals surface area (Å²) >= 11 is 1.51. The molecule has 1 aromatic heterocycles. The lowest BCUT2D eigenvalue weighted by Gasteiger charge is -2.35. The average Bonchev–Trinajstić information content (AvgIpc) is 3.42. The molecule has 0 unspecified atom stereocenters. The number of halogens is 1. The summed E-state index contributed by atoms with van der Waals surface area (Å²) in [5, 5.41) is 15.9. The van der Waals surface area contributed by atoms with E-state index in [1.807, 2.05) is 25.1 Å². The third-order valence-electron chi connectivity index (χ3n) is 7.92. The van der Waals surface area contributed by atoms with E-state index in [1.54, 1.807) is 26.3 Å². The number of nitrogens with zero attached hydrogens (tertiary/aromatic N) is 2. The fourth-order valence-electron chi connectivity index (χ4n) is 5.13. The van der Waals surface area contributed by atoms with E-state index in [-0.39, 0.29) is 45.6 Å². The van der Waals surface area contributed by atoms with Crippen molar-refractivity contribution in [3.63, 3.8) is 0 Å². The number of terminal acetylenes is 1. The molecule has 2 aromatic rings. The molecule has 3 atom stereocenters. The van der Waals surface area contributed by atoms with Crippen LogP contribution < -0.4 is 15.4 Å². The standard InChI is InChI=1S/C33H43FN4O7S/c1-6-11-43-12-13-44-14-15-45-26-16-22(27-21(2)36-20-46-27)7-8-23(26)18-35-29(40)25-17-24(39)19-38(25)30(41)28(32(3,4)5)37-31(42)33(34)9-10-33/h1,7-8,16,20,24-25,28,39H,9-15,17-19H2,2-5H3,(H,35,40)(H,37,42)/t24-,25+,28-/m1/s1. The number of ether oxygens (including phenoxy) is 3. The second kappa shape index (κ2) is 15.3. The van der Waals surface area contributed by atoms with Gasteiger partial charge in [0.2, 0.25) is 11.8 Å². The first-order valence-corrected chi connectivity index (χ1v) is 16.2. The van der Waals surface area contributed by atoms with E-state index in [4.69, 9.17) is 20.6 Å². The van der Waals surface area contributed by atoms with Gasteiger partial charge in [-0.15, -0.1) is 17.8 Å². The molecule has 0 spiro atoms. The van der Waals surface area contributed by atoms with E-state index in [0.29, 0.717) is 31.1 Å². The van der Waals surface area contributed by atoms with E-state index >= 15 is 0 Å². The highest BCUT2D eigenvalue weighted by Gasteiger charge is 2.53. The Bertz CT molecular complexity index is 1430. The zero-order valence-corrected chi connectivity index (χ0v) is 27.6. The van der Waals surface area contributed by atoms with Gasteiger partial charge in [0.25, 0.3) is 5.91 Å². The number of carbonyl (C=O) groups excluding carboxylic acids is 3. The number of rotatable bonds is 15. The minimum absolute atomic E-state index is 0.0325. The molecule has 250 valence electrons. The minimum Gasteiger partial charge on any atom is -0.491 e. The van der Waals surface area contributed by atoms with Crippen molar-refractivity contribution in [1.82, 2.24) is 20.5 Å². The summed E-state index contributed by atoms with van der Waals surface area (Å²) in [6.07, 6.45) is 4.50. The van der Waals surface area contributed by atoms with Crippen LogP contribution in [0.15, 0.2) is 23.7 Å². The summed E-state index contributed by atoms with van der Waals surface area (Å²) in [7, 11) is 0. The number of alkyl halides is 1. The molecule has 1 aromatic carbocycles. The van der Waals surface area contributed by atoms with Crippen LogP contribution in [0.4, 0.5) is 4.39 Å². The Labute approximate surface area is 273 Å². The summed E-state index contributed by atoms with van der Waals surface area (Å²) in [4.78, 5) is 46.4. The smallest absolute Gasteiger partial charge is 0.258 e. The number of amides is 3. The van der Waals surface area contributed by atoms with Gasteiger partial charge in [0.05, 0.1) is 42.0 Å². The number of carbonyl (C=O) groups is 3. The van der Waals surface area contributed by atoms with Gasteiger partial charge in [-0.05, 0) is 36.8 Å². The number of nitrogens with one attached hydrogen (secondary N) is 2. The Hall–Kier alpha value is -3.57. The van der Waals surface area contributed by atoms with Crippen molar-refractivity contribution in [3.05, 3.63) is 35.0 Å². The molecule has 46 heavy (non-hydrogen) atoms. The molecule has 3 N–H and O–H groups in total. The number of β-amino-alcohol motifs (C(OH)–C–C–N with tert-alkyl or cyclic N) is 1. The number of aryl methyl sites for hydroxylation is 1. The van der Waals surface area contributed by atoms with Crippen molar-refractivity contribution < 1.29 is 38.1 Å². The van der Waals surface area contributed by atoms with Crippen LogP contribution in [0.5, 0.6) is 5.75 Å². The number of hydrogen-bond donors (Lipinski definition) is 3. The second-order valence-electron chi connectivity index (χ2n) is 12.7. The molecule has 13 heteroatoms. The highest BCUT2D eigenvalue weighted by Crippen LogP contribution is 2.40. The van der Waals surface area contributed by atoms with Crippen LogP contribution in [0.3, 0.4) is 0 Å². The largest absolute Gasteiger partial charge is 0.491 e. The van der Waals surface area contributed by atoms with Crippen molar-refractivity contribution in [2.24, 2.45) is 5.41 Å². The Kier molecular flexibility index (Phi) is 11.8. The molecule has 2 heterocycles. The number of aliphatic hydroxyl groups excluding tert-OH is 1. The Balaban J connectivity index is 1.43. The van der Waals surface area contributed by atoms with Gasteiger partial charge >= 0.3 is 0 Å². The predicted octanol–water partition coefficient (Wildman–Crippen LogP) is 2.77. The molecule has 1 saturated heterocycles. The summed E-state index contributed by atoms with van der Waals surface area (Å²) in [6.45, 7) is 8.72. The monoisotopic (exact) mass is 658 g/mol. The fourth-order valence-corrected chi connectivity index (χ4v) is 5.94. The average molecular weight is 659 g/mol. The van der Waals surface area contributed by atoms with Gasteiger partial charge in [-0.25, -0.2) is 9.37 Å². The minimum atomic E-state index is -1.96. The van der Waals surface area contributed by atoms with E-state index in [1.165, 1.54) is 16.2 Å². The maximum absolute atomic E-state index is 14.5. The van der Waals surface area contributed by atoms with E-state index in [2.05, 4.69) is 21.5 Å². The van der Waals surface area contributed by atoms with E-state index < -0.39 is 47.0 Å². The Morgan fingerprint density at radius 1 is 1.22 bits per heavy atom. The molecular weight excluding hydrogens is 615 g/mol. The van der Waals surface area contributed by atoms with Crippen molar-refractivity contribution in [2.75, 3.05) is 39.6 Å². The van der Waals surface area contributed by atoms with Crippen molar-refractivity contribution in [3.8, 4) is 28.5 Å². The second-order valence-corrected chi connectivity index (χ2v) is 13.5. The third-order valence-corrected chi connectivity index (χ3v) is 8.90. The zero-order valence-electron chi connectivity index (χ0n) is 26.8. The van der Waals surface area contributed by atoms with Gasteiger partial charge in [-0.3, -0.25) is 14.4 Å². The number of hydrogen-bond acceptors (Lipinski definition) is 9. The van der Waals surface area contributed by atoms with Crippen LogP contribution in [0, 0.1) is 24.7 Å². The molecule has 0 radical (unpaired) electrons. The third kappa shape index (κ3) is 9.03. The SMILES string of the molecule is C#CCOCCOCCOc1cc(-c2scnc2C)ccc1CNC(=O)[C@@H]1C[C@@H](O)CN1C(=O)[C@@H](NC(=O)C1(F)CC1)C(C)(C)C. The maximum atomic E-state index is 14.5. The van der Waals surface area contributed by atoms with Crippen LogP contribution in [0.25, 0.3) is 10.4 Å². The molecule has 2 fully saturated rings. The number of aliphatic hydroxyl groups is 1. The van der Waals surface area contributed by atoms with Crippen LogP contribution >= 0.6 is 11.3 Å². The van der Waals surface area contributed by atoms with Crippen molar-refractivity contribution in [2.45, 2.75) is 77.4 Å². The quantitative estimate of drug-likeness (QED) is 0.196. The normalized spacial score (nSPS) is 19.3. The molecule has 1 saturated carbocycles. The predicted molar refractivity (Wildman–Crippen MR) is 171 cm³/mol. The Morgan fingerprint density at radius 2 is 1.93 bits per heavy atom. The number of aromatic nitrogens is 1. The number of likely N-dealkylation sites (tertiary alicyclic amines) is 1. The van der Waals surface area contributed by atoms with Gasteiger partial charge in [0.15, 0.2) is 5.67 Å². The molecule has 2 aliphatic rings. The van der Waals surface area contributed by atoms with Crippen LogP contribution in [0.1, 0.15) is 51.3 Å². The van der Waals surface area contributed by atoms with Gasteiger partial charge in [0, 0.05) is 25.1 Å². The Morgan fingerprint density at radius 3 is 2.59 bits per heavy atom. The van der Waals surface area contributed by atoms with Crippen molar-refractivity contribution >= 4 is 29.1 Å². The summed E-state index contributed by atoms with van der Waals surface area (Å²) in [6, 6.07) is 3.63. The summed E-state index contributed by atoms with van der Waals surface area (Å²) in [5.41, 5.74) is 1.55. The highest BCUT2D eigenvalue weighted by atomic mass is 32.1. The zero-order chi connectivity index (χ0) is 33.5. The van der Waals surface area contributed by atoms with E-state index in [0.717, 1.165) is 16.1 Å². The van der Waals surface area contributed by atoms with Gasteiger partial charge < -0.3 is 34.9 Å². The molecule has 1 aliphatic heterocycles. The molecule has 0 bridgehead atoms. The lowest BCUT2D eigenvalue weighted by molar-refractivity contribution is -0.145. The van der Waals surface area contributed by atoms with Crippen LogP contribution in [0.2, 0.25) is 0 Å². The van der Waals surface area contributed by atoms with Crippen LogP contribution in [-0.4, -0.2) is 96.1 Å².